The quantitative estimate of drug-likeness (QED) is 0.605. The smallest absolute Gasteiger partial charge is 0.274 e. The average molecular weight is 402 g/mol. The highest BCUT2D eigenvalue weighted by molar-refractivity contribution is 6.31. The molecule has 0 aliphatic rings. The molecule has 0 bridgehead atoms. The van der Waals surface area contributed by atoms with E-state index in [1.807, 2.05) is 32.9 Å². The van der Waals surface area contributed by atoms with Crippen LogP contribution in [0.15, 0.2) is 36.7 Å². The Labute approximate surface area is 169 Å². The molecule has 2 heterocycles. The molecule has 7 nitrogen and oxygen atoms in total. The Morgan fingerprint density at radius 3 is 2.68 bits per heavy atom. The number of carbonyl (C=O) groups excluding carboxylic acids is 1. The molecule has 1 aromatic carbocycles. The summed E-state index contributed by atoms with van der Waals surface area (Å²) in [7, 11) is 1.70. The van der Waals surface area contributed by atoms with Crippen molar-refractivity contribution in [3.63, 3.8) is 0 Å². The van der Waals surface area contributed by atoms with Gasteiger partial charge in [-0.25, -0.2) is 4.68 Å². The van der Waals surface area contributed by atoms with Gasteiger partial charge in [-0.15, -0.1) is 0 Å². The molecule has 0 radical (unpaired) electrons. The Kier molecular flexibility index (Phi) is 6.04. The van der Waals surface area contributed by atoms with Crippen LogP contribution in [0.25, 0.3) is 0 Å². The minimum Gasteiger partial charge on any atom is -0.471 e. The summed E-state index contributed by atoms with van der Waals surface area (Å²) in [6.45, 7) is 7.29. The van der Waals surface area contributed by atoms with E-state index in [9.17, 15) is 4.79 Å². The summed E-state index contributed by atoms with van der Waals surface area (Å²) >= 11 is 6.19. The maximum atomic E-state index is 12.6. The lowest BCUT2D eigenvalue weighted by Crippen LogP contribution is -2.27. The van der Waals surface area contributed by atoms with Gasteiger partial charge in [0, 0.05) is 26.0 Å². The molecule has 0 fully saturated rings. The van der Waals surface area contributed by atoms with E-state index in [1.165, 1.54) is 5.56 Å². The van der Waals surface area contributed by atoms with Crippen molar-refractivity contribution in [1.29, 1.82) is 0 Å². The summed E-state index contributed by atoms with van der Waals surface area (Å²) in [4.78, 5) is 14.2. The van der Waals surface area contributed by atoms with Crippen LogP contribution < -0.4 is 4.74 Å². The van der Waals surface area contributed by atoms with Gasteiger partial charge in [0.2, 0.25) is 0 Å². The molecule has 3 aromatic rings. The van der Waals surface area contributed by atoms with Crippen molar-refractivity contribution >= 4 is 17.5 Å². The van der Waals surface area contributed by atoms with Gasteiger partial charge < -0.3 is 9.64 Å². The van der Waals surface area contributed by atoms with Gasteiger partial charge in [-0.1, -0.05) is 29.3 Å². The summed E-state index contributed by atoms with van der Waals surface area (Å²) in [5.74, 6) is 0.597. The Bertz CT molecular complexity index is 979. The van der Waals surface area contributed by atoms with E-state index in [0.717, 1.165) is 17.9 Å². The summed E-state index contributed by atoms with van der Waals surface area (Å²) in [5.41, 5.74) is 3.25. The van der Waals surface area contributed by atoms with Crippen molar-refractivity contribution in [3.05, 3.63) is 64.2 Å². The van der Waals surface area contributed by atoms with Gasteiger partial charge in [0.15, 0.2) is 12.4 Å². The van der Waals surface area contributed by atoms with Crippen LogP contribution in [0, 0.1) is 13.8 Å². The zero-order valence-electron chi connectivity index (χ0n) is 16.5. The van der Waals surface area contributed by atoms with E-state index in [4.69, 9.17) is 16.3 Å². The molecular weight excluding hydrogens is 378 g/mol. The molecule has 3 rings (SSSR count). The van der Waals surface area contributed by atoms with Gasteiger partial charge in [-0.2, -0.15) is 10.2 Å². The first kappa shape index (κ1) is 19.9. The normalized spacial score (nSPS) is 10.9. The lowest BCUT2D eigenvalue weighted by Gasteiger charge is -2.14. The Balaban J connectivity index is 1.62. The lowest BCUT2D eigenvalue weighted by atomic mass is 10.1. The van der Waals surface area contributed by atoms with Gasteiger partial charge in [0.25, 0.3) is 5.91 Å². The third-order valence-electron chi connectivity index (χ3n) is 4.39. The maximum absolute atomic E-state index is 12.6. The summed E-state index contributed by atoms with van der Waals surface area (Å²) < 4.78 is 9.14. The van der Waals surface area contributed by atoms with Crippen LogP contribution in [0.5, 0.6) is 5.75 Å². The maximum Gasteiger partial charge on any atom is 0.274 e. The molecule has 0 saturated heterocycles. The highest BCUT2D eigenvalue weighted by atomic mass is 35.5. The van der Waals surface area contributed by atoms with Crippen molar-refractivity contribution in [2.75, 3.05) is 7.05 Å². The Morgan fingerprint density at radius 1 is 1.21 bits per heavy atom. The topological polar surface area (TPSA) is 65.2 Å². The molecule has 0 aliphatic carbocycles. The summed E-state index contributed by atoms with van der Waals surface area (Å²) in [6, 6.07) is 7.68. The first-order chi connectivity index (χ1) is 13.4. The van der Waals surface area contributed by atoms with E-state index >= 15 is 0 Å². The van der Waals surface area contributed by atoms with Gasteiger partial charge >= 0.3 is 0 Å². The van der Waals surface area contributed by atoms with Gasteiger partial charge in [0.05, 0.1) is 11.6 Å². The molecule has 0 aliphatic heterocycles. The van der Waals surface area contributed by atoms with E-state index in [1.54, 1.807) is 39.8 Å². The predicted molar refractivity (Wildman–Crippen MR) is 107 cm³/mol. The number of aromatic nitrogens is 4. The monoisotopic (exact) mass is 401 g/mol. The van der Waals surface area contributed by atoms with E-state index < -0.39 is 0 Å². The molecule has 0 saturated carbocycles. The number of amides is 1. The highest BCUT2D eigenvalue weighted by Gasteiger charge is 2.18. The van der Waals surface area contributed by atoms with Gasteiger partial charge in [-0.05, 0) is 38.5 Å². The van der Waals surface area contributed by atoms with Crippen molar-refractivity contribution in [2.24, 2.45) is 0 Å². The molecule has 0 unspecified atom stereocenters. The molecule has 2 aromatic heterocycles. The number of rotatable bonds is 7. The third-order valence-corrected chi connectivity index (χ3v) is 4.70. The Hall–Kier alpha value is -2.80. The number of halogens is 1. The van der Waals surface area contributed by atoms with Crippen LogP contribution in [0.2, 0.25) is 5.02 Å². The molecule has 148 valence electrons. The van der Waals surface area contributed by atoms with Crippen LogP contribution in [-0.2, 0) is 19.8 Å². The minimum absolute atomic E-state index is 0.201. The number of carbonyl (C=O) groups is 1. The zero-order chi connectivity index (χ0) is 20.3. The van der Waals surface area contributed by atoms with Crippen LogP contribution in [-0.4, -0.2) is 37.4 Å². The van der Waals surface area contributed by atoms with Crippen LogP contribution in [0.3, 0.4) is 0 Å². The van der Waals surface area contributed by atoms with Gasteiger partial charge in [0.1, 0.15) is 11.4 Å². The summed E-state index contributed by atoms with van der Waals surface area (Å²) in [6.07, 6.45) is 3.48. The molecule has 8 heteroatoms. The second-order valence-electron chi connectivity index (χ2n) is 6.72. The average Bonchev–Trinajstić information content (AvgIpc) is 3.27. The van der Waals surface area contributed by atoms with Crippen LogP contribution in [0.1, 0.15) is 34.2 Å². The fraction of sp³-hybridized carbons (Fsp3) is 0.350. The second-order valence-corrected chi connectivity index (χ2v) is 7.13. The zero-order valence-corrected chi connectivity index (χ0v) is 17.3. The van der Waals surface area contributed by atoms with E-state index in [-0.39, 0.29) is 12.6 Å². The third kappa shape index (κ3) is 4.54. The standard InChI is InChI=1S/C20H24ClN5O2/c1-5-25-11-16(21)18(23-25)12-24(4)20(27)17-8-9-26(22-17)13-28-19-7-6-14(2)10-15(19)3/h6-11H,5,12-13H2,1-4H3. The molecule has 0 N–H and O–H groups in total. The largest absolute Gasteiger partial charge is 0.471 e. The fourth-order valence-corrected chi connectivity index (χ4v) is 3.05. The number of aryl methyl sites for hydroxylation is 3. The number of ether oxygens (including phenoxy) is 1. The first-order valence-corrected chi connectivity index (χ1v) is 9.46. The minimum atomic E-state index is -0.201. The SMILES string of the molecule is CCn1cc(Cl)c(CN(C)C(=O)c2ccn(COc3ccc(C)cc3C)n2)n1. The first-order valence-electron chi connectivity index (χ1n) is 9.08. The molecule has 1 amide bonds. The second kappa shape index (κ2) is 8.48. The van der Waals surface area contributed by atoms with Crippen LogP contribution in [0.4, 0.5) is 0 Å². The Morgan fingerprint density at radius 2 is 2.00 bits per heavy atom. The molecule has 28 heavy (non-hydrogen) atoms. The van der Waals surface area contributed by atoms with Crippen molar-refractivity contribution in [1.82, 2.24) is 24.5 Å². The fourth-order valence-electron chi connectivity index (χ4n) is 2.84. The van der Waals surface area contributed by atoms with Gasteiger partial charge in [-0.3, -0.25) is 9.48 Å². The van der Waals surface area contributed by atoms with Crippen LogP contribution >= 0.6 is 11.6 Å². The van der Waals surface area contributed by atoms with E-state index in [0.29, 0.717) is 23.0 Å². The van der Waals surface area contributed by atoms with Crippen molar-refractivity contribution in [3.8, 4) is 5.75 Å². The molecule has 0 spiro atoms. The molecular formula is C20H24ClN5O2. The number of benzene rings is 1. The molecule has 0 atom stereocenters. The highest BCUT2D eigenvalue weighted by Crippen LogP contribution is 2.19. The number of hydrogen-bond acceptors (Lipinski definition) is 4. The lowest BCUT2D eigenvalue weighted by molar-refractivity contribution is 0.0775. The number of hydrogen-bond donors (Lipinski definition) is 0. The predicted octanol–water partition coefficient (Wildman–Crippen LogP) is 3.68. The summed E-state index contributed by atoms with van der Waals surface area (Å²) in [5, 5.41) is 9.24. The number of nitrogens with zero attached hydrogens (tertiary/aromatic N) is 5. The van der Waals surface area contributed by atoms with Crippen molar-refractivity contribution in [2.45, 2.75) is 40.6 Å². The van der Waals surface area contributed by atoms with E-state index in [2.05, 4.69) is 16.3 Å². The van der Waals surface area contributed by atoms with Crippen molar-refractivity contribution < 1.29 is 9.53 Å².